The molecule has 0 unspecified atom stereocenters. The third-order valence-corrected chi connectivity index (χ3v) is 1.22. The summed E-state index contributed by atoms with van der Waals surface area (Å²) in [7, 11) is 0. The Kier molecular flexibility index (Phi) is 3.99. The van der Waals surface area contributed by atoms with Crippen LogP contribution in [0.1, 0.15) is 13.8 Å². The van der Waals surface area contributed by atoms with Crippen molar-refractivity contribution >= 4 is 5.97 Å². The van der Waals surface area contributed by atoms with Gasteiger partial charge in [-0.05, 0) is 13.8 Å². The summed E-state index contributed by atoms with van der Waals surface area (Å²) in [6, 6.07) is -0.917. The van der Waals surface area contributed by atoms with E-state index in [0.29, 0.717) is 6.61 Å². The van der Waals surface area contributed by atoms with Crippen LogP contribution < -0.4 is 5.73 Å². The fraction of sp³-hybridized carbons (Fsp3) is 0.833. The lowest BCUT2D eigenvalue weighted by molar-refractivity contribution is -0.141. The Bertz CT molecular complexity index is 116. The van der Waals surface area contributed by atoms with Gasteiger partial charge in [0.25, 0.3) is 0 Å². The second-order valence-corrected chi connectivity index (χ2v) is 2.02. The molecule has 0 aliphatic carbocycles. The standard InChI is InChI=1S/C6H13NO3/c1-3-10-4(2)5(7)6(8)9/h4-5H,3,7H2,1-2H3,(H,8,9)/t4-,5+/m0/s1. The molecule has 0 rings (SSSR count). The predicted molar refractivity (Wildman–Crippen MR) is 36.7 cm³/mol. The first-order chi connectivity index (χ1) is 4.59. The van der Waals surface area contributed by atoms with Crippen molar-refractivity contribution in [2.75, 3.05) is 6.61 Å². The molecule has 0 saturated heterocycles. The van der Waals surface area contributed by atoms with Crippen LogP contribution in [0.15, 0.2) is 0 Å². The molecule has 0 fully saturated rings. The van der Waals surface area contributed by atoms with Crippen LogP contribution in [0, 0.1) is 0 Å². The predicted octanol–water partition coefficient (Wildman–Crippen LogP) is -0.177. The van der Waals surface area contributed by atoms with Gasteiger partial charge in [-0.25, -0.2) is 0 Å². The van der Waals surface area contributed by atoms with Crippen LogP contribution in [0.2, 0.25) is 0 Å². The topological polar surface area (TPSA) is 72.5 Å². The average Bonchev–Trinajstić information content (AvgIpc) is 1.87. The average molecular weight is 147 g/mol. The largest absolute Gasteiger partial charge is 0.480 e. The zero-order chi connectivity index (χ0) is 8.15. The van der Waals surface area contributed by atoms with Gasteiger partial charge in [0.15, 0.2) is 0 Å². The van der Waals surface area contributed by atoms with Gasteiger partial charge in [0.2, 0.25) is 0 Å². The third-order valence-electron chi connectivity index (χ3n) is 1.22. The Labute approximate surface area is 60.0 Å². The Morgan fingerprint density at radius 2 is 2.30 bits per heavy atom. The van der Waals surface area contributed by atoms with Crippen LogP contribution in [0.25, 0.3) is 0 Å². The van der Waals surface area contributed by atoms with Crippen molar-refractivity contribution in [2.24, 2.45) is 5.73 Å². The molecule has 0 aromatic heterocycles. The summed E-state index contributed by atoms with van der Waals surface area (Å²) in [5.41, 5.74) is 5.22. The summed E-state index contributed by atoms with van der Waals surface area (Å²) in [6.07, 6.45) is -0.414. The van der Waals surface area contributed by atoms with Crippen molar-refractivity contribution < 1.29 is 14.6 Å². The molecule has 0 radical (unpaired) electrons. The smallest absolute Gasteiger partial charge is 0.323 e. The molecule has 4 nitrogen and oxygen atoms in total. The van der Waals surface area contributed by atoms with Gasteiger partial charge in [-0.15, -0.1) is 0 Å². The van der Waals surface area contributed by atoms with Crippen LogP contribution in [0.3, 0.4) is 0 Å². The first-order valence-corrected chi connectivity index (χ1v) is 3.19. The Hall–Kier alpha value is -0.610. The van der Waals surface area contributed by atoms with Gasteiger partial charge in [-0.3, -0.25) is 4.79 Å². The maximum atomic E-state index is 10.2. The first kappa shape index (κ1) is 9.39. The molecule has 0 aromatic carbocycles. The van der Waals surface area contributed by atoms with Crippen molar-refractivity contribution in [3.63, 3.8) is 0 Å². The molecule has 0 bridgehead atoms. The third kappa shape index (κ3) is 2.80. The first-order valence-electron chi connectivity index (χ1n) is 3.19. The lowest BCUT2D eigenvalue weighted by Crippen LogP contribution is -2.41. The van der Waals surface area contributed by atoms with Crippen molar-refractivity contribution in [3.8, 4) is 0 Å². The van der Waals surface area contributed by atoms with Crippen molar-refractivity contribution in [2.45, 2.75) is 26.0 Å². The van der Waals surface area contributed by atoms with Crippen molar-refractivity contribution in [3.05, 3.63) is 0 Å². The number of carbonyl (C=O) groups is 1. The van der Waals surface area contributed by atoms with Gasteiger partial charge in [-0.1, -0.05) is 0 Å². The molecule has 0 aliphatic rings. The number of nitrogens with two attached hydrogens (primary N) is 1. The van der Waals surface area contributed by atoms with E-state index in [1.807, 2.05) is 0 Å². The van der Waals surface area contributed by atoms with E-state index in [-0.39, 0.29) is 0 Å². The fourth-order valence-electron chi connectivity index (χ4n) is 0.567. The Morgan fingerprint density at radius 1 is 1.80 bits per heavy atom. The normalized spacial score (nSPS) is 16.3. The fourth-order valence-corrected chi connectivity index (χ4v) is 0.567. The van der Waals surface area contributed by atoms with Gasteiger partial charge in [0.1, 0.15) is 6.04 Å². The number of hydrogen-bond acceptors (Lipinski definition) is 3. The number of rotatable bonds is 4. The monoisotopic (exact) mass is 147 g/mol. The molecule has 3 N–H and O–H groups in total. The van der Waals surface area contributed by atoms with Gasteiger partial charge >= 0.3 is 5.97 Å². The molecule has 10 heavy (non-hydrogen) atoms. The molecule has 0 amide bonds. The van der Waals surface area contributed by atoms with Crippen LogP contribution >= 0.6 is 0 Å². The summed E-state index contributed by atoms with van der Waals surface area (Å²) >= 11 is 0. The molecule has 0 spiro atoms. The Morgan fingerprint density at radius 3 is 2.60 bits per heavy atom. The minimum absolute atomic E-state index is 0.414. The number of aliphatic carboxylic acids is 1. The van der Waals surface area contributed by atoms with Crippen LogP contribution in [0.5, 0.6) is 0 Å². The molecule has 60 valence electrons. The maximum absolute atomic E-state index is 10.2. The minimum atomic E-state index is -1.03. The highest BCUT2D eigenvalue weighted by molar-refractivity contribution is 5.73. The summed E-state index contributed by atoms with van der Waals surface area (Å²) in [4.78, 5) is 10.2. The number of carboxylic acids is 1. The number of ether oxygens (including phenoxy) is 1. The highest BCUT2D eigenvalue weighted by atomic mass is 16.5. The van der Waals surface area contributed by atoms with Crippen LogP contribution in [-0.2, 0) is 9.53 Å². The highest BCUT2D eigenvalue weighted by Gasteiger charge is 2.19. The summed E-state index contributed by atoms with van der Waals surface area (Å²) in [6.45, 7) is 3.93. The molecule has 2 atom stereocenters. The second-order valence-electron chi connectivity index (χ2n) is 2.02. The van der Waals surface area contributed by atoms with E-state index in [4.69, 9.17) is 15.6 Å². The van der Waals surface area contributed by atoms with E-state index >= 15 is 0 Å². The molecule has 0 heterocycles. The van der Waals surface area contributed by atoms with Crippen LogP contribution in [0.4, 0.5) is 0 Å². The van der Waals surface area contributed by atoms with E-state index in [1.54, 1.807) is 13.8 Å². The lowest BCUT2D eigenvalue weighted by atomic mass is 10.2. The molecular formula is C6H13NO3. The van der Waals surface area contributed by atoms with Gasteiger partial charge in [0.05, 0.1) is 6.10 Å². The minimum Gasteiger partial charge on any atom is -0.480 e. The summed E-state index contributed by atoms with van der Waals surface area (Å²) in [5.74, 6) is -1.03. The molecular weight excluding hydrogens is 134 g/mol. The summed E-state index contributed by atoms with van der Waals surface area (Å²) < 4.78 is 4.96. The van der Waals surface area contributed by atoms with Crippen molar-refractivity contribution in [1.82, 2.24) is 0 Å². The highest BCUT2D eigenvalue weighted by Crippen LogP contribution is 1.95. The molecule has 0 aliphatic heterocycles. The molecule has 0 aromatic rings. The van der Waals surface area contributed by atoms with Crippen LogP contribution in [-0.4, -0.2) is 29.8 Å². The van der Waals surface area contributed by atoms with E-state index in [0.717, 1.165) is 0 Å². The lowest BCUT2D eigenvalue weighted by Gasteiger charge is -2.14. The van der Waals surface area contributed by atoms with Gasteiger partial charge in [0, 0.05) is 6.61 Å². The van der Waals surface area contributed by atoms with E-state index in [9.17, 15) is 4.79 Å². The maximum Gasteiger partial charge on any atom is 0.323 e. The van der Waals surface area contributed by atoms with E-state index in [2.05, 4.69) is 0 Å². The van der Waals surface area contributed by atoms with Crippen molar-refractivity contribution in [1.29, 1.82) is 0 Å². The van der Waals surface area contributed by atoms with Gasteiger partial charge in [-0.2, -0.15) is 0 Å². The quantitative estimate of drug-likeness (QED) is 0.578. The SMILES string of the molecule is CCO[C@@H](C)[C@@H](N)C(=O)O. The van der Waals surface area contributed by atoms with Gasteiger partial charge < -0.3 is 15.6 Å². The van der Waals surface area contributed by atoms with E-state index < -0.39 is 18.1 Å². The van der Waals surface area contributed by atoms with E-state index in [1.165, 1.54) is 0 Å². The number of carboxylic acid groups (broad SMARTS) is 1. The zero-order valence-corrected chi connectivity index (χ0v) is 6.20. The number of hydrogen-bond donors (Lipinski definition) is 2. The zero-order valence-electron chi connectivity index (χ0n) is 6.20. The summed E-state index contributed by atoms with van der Waals surface area (Å²) in [5, 5.41) is 8.37. The Balaban J connectivity index is 3.69. The second kappa shape index (κ2) is 4.24. The molecule has 0 saturated carbocycles. The molecule has 4 heteroatoms.